The summed E-state index contributed by atoms with van der Waals surface area (Å²) in [6.45, 7) is 1.52. The van der Waals surface area contributed by atoms with Gasteiger partial charge in [0.05, 0.1) is 17.7 Å². The van der Waals surface area contributed by atoms with E-state index in [4.69, 9.17) is 4.74 Å². The second-order valence-electron chi connectivity index (χ2n) is 12.1. The summed E-state index contributed by atoms with van der Waals surface area (Å²) in [5, 5.41) is 3.24. The Morgan fingerprint density at radius 1 is 0.809 bits per heavy atom. The molecule has 0 aromatic heterocycles. The fourth-order valence-corrected chi connectivity index (χ4v) is 7.41. The van der Waals surface area contributed by atoms with Crippen molar-refractivity contribution in [2.75, 3.05) is 18.0 Å². The van der Waals surface area contributed by atoms with Crippen molar-refractivity contribution in [3.05, 3.63) is 126 Å². The van der Waals surface area contributed by atoms with E-state index < -0.39 is 28.5 Å². The molecule has 0 unspecified atom stereocenters. The lowest BCUT2D eigenvalue weighted by Gasteiger charge is -2.35. The SMILES string of the molecule is COc1ccc(N(CC(=O)N(Cc2ccccc2)[C@@H](Cc2ccccc2)C(=O)NC2CCCCC2)S(=O)(=O)c2ccc(C)cc2)cc1. The van der Waals surface area contributed by atoms with Gasteiger partial charge in [-0.25, -0.2) is 8.42 Å². The van der Waals surface area contributed by atoms with Crippen LogP contribution in [0.5, 0.6) is 5.75 Å². The Balaban J connectivity index is 1.55. The lowest BCUT2D eigenvalue weighted by molar-refractivity contribution is -0.140. The molecule has 1 aliphatic rings. The maximum absolute atomic E-state index is 14.6. The summed E-state index contributed by atoms with van der Waals surface area (Å²) in [7, 11) is -2.64. The molecule has 8 nitrogen and oxygen atoms in total. The van der Waals surface area contributed by atoms with Gasteiger partial charge in [0.2, 0.25) is 11.8 Å². The molecule has 0 radical (unpaired) electrons. The van der Waals surface area contributed by atoms with Crippen molar-refractivity contribution in [3.63, 3.8) is 0 Å². The Morgan fingerprint density at radius 3 is 2.00 bits per heavy atom. The number of ether oxygens (including phenoxy) is 1. The molecule has 4 aromatic carbocycles. The van der Waals surface area contributed by atoms with Crippen LogP contribution in [0.2, 0.25) is 0 Å². The highest BCUT2D eigenvalue weighted by Gasteiger charge is 2.35. The molecule has 9 heteroatoms. The normalized spacial score (nSPS) is 14.2. The molecule has 0 saturated heterocycles. The lowest BCUT2D eigenvalue weighted by Crippen LogP contribution is -2.55. The molecule has 2 amide bonds. The number of carbonyl (C=O) groups is 2. The minimum Gasteiger partial charge on any atom is -0.497 e. The van der Waals surface area contributed by atoms with Crippen molar-refractivity contribution in [3.8, 4) is 5.75 Å². The fraction of sp³-hybridized carbons (Fsp3) is 0.316. The van der Waals surface area contributed by atoms with Crippen LogP contribution in [0.15, 0.2) is 114 Å². The van der Waals surface area contributed by atoms with E-state index in [1.165, 1.54) is 7.11 Å². The number of rotatable bonds is 13. The van der Waals surface area contributed by atoms with Crippen LogP contribution in [0.3, 0.4) is 0 Å². The number of sulfonamides is 1. The van der Waals surface area contributed by atoms with Gasteiger partial charge in [0.1, 0.15) is 18.3 Å². The summed E-state index contributed by atoms with van der Waals surface area (Å²) in [6.07, 6.45) is 5.33. The van der Waals surface area contributed by atoms with Crippen LogP contribution in [-0.2, 0) is 32.6 Å². The fourth-order valence-electron chi connectivity index (χ4n) is 5.99. The smallest absolute Gasteiger partial charge is 0.264 e. The summed E-state index contributed by atoms with van der Waals surface area (Å²) in [6, 6.07) is 31.4. The van der Waals surface area contributed by atoms with E-state index in [2.05, 4.69) is 5.32 Å². The number of hydrogen-bond donors (Lipinski definition) is 1. The lowest BCUT2D eigenvalue weighted by atomic mass is 9.94. The van der Waals surface area contributed by atoms with Gasteiger partial charge in [0.25, 0.3) is 10.0 Å². The highest BCUT2D eigenvalue weighted by Crippen LogP contribution is 2.27. The van der Waals surface area contributed by atoms with Crippen LogP contribution in [0, 0.1) is 6.92 Å². The van der Waals surface area contributed by atoms with Crippen LogP contribution in [0.25, 0.3) is 0 Å². The highest BCUT2D eigenvalue weighted by molar-refractivity contribution is 7.92. The van der Waals surface area contributed by atoms with Crippen LogP contribution in [0.1, 0.15) is 48.8 Å². The Morgan fingerprint density at radius 2 is 1.40 bits per heavy atom. The number of nitrogens with zero attached hydrogens (tertiary/aromatic N) is 2. The van der Waals surface area contributed by atoms with Gasteiger partial charge in [-0.15, -0.1) is 0 Å². The average Bonchev–Trinajstić information content (AvgIpc) is 3.10. The number of aryl methyl sites for hydroxylation is 1. The number of anilines is 1. The van der Waals surface area contributed by atoms with E-state index in [1.54, 1.807) is 53.4 Å². The summed E-state index contributed by atoms with van der Waals surface area (Å²) in [4.78, 5) is 30.4. The van der Waals surface area contributed by atoms with Gasteiger partial charge in [0.15, 0.2) is 0 Å². The predicted octanol–water partition coefficient (Wildman–Crippen LogP) is 6.29. The van der Waals surface area contributed by atoms with Gasteiger partial charge in [-0.05, 0) is 67.3 Å². The van der Waals surface area contributed by atoms with Crippen LogP contribution in [-0.4, -0.2) is 50.9 Å². The standard InChI is InChI=1S/C38H43N3O5S/c1-29-18-24-35(25-19-29)47(44,45)41(33-20-22-34(46-2)23-21-33)28-37(42)40(27-31-14-8-4-9-15-31)36(26-30-12-6-3-7-13-30)38(43)39-32-16-10-5-11-17-32/h3-4,6-9,12-15,18-25,32,36H,5,10-11,16-17,26-28H2,1-2H3,(H,39,43)/t36-/m0/s1. The van der Waals surface area contributed by atoms with Gasteiger partial charge in [-0.2, -0.15) is 0 Å². The zero-order chi connectivity index (χ0) is 33.2. The van der Waals surface area contributed by atoms with Gasteiger partial charge < -0.3 is 15.0 Å². The number of benzene rings is 4. The third kappa shape index (κ3) is 8.80. The summed E-state index contributed by atoms with van der Waals surface area (Å²) in [5.41, 5.74) is 2.96. The molecule has 1 atom stereocenters. The second kappa shape index (κ2) is 15.8. The zero-order valence-corrected chi connectivity index (χ0v) is 27.9. The van der Waals surface area contributed by atoms with E-state index >= 15 is 0 Å². The van der Waals surface area contributed by atoms with Gasteiger partial charge in [-0.3, -0.25) is 13.9 Å². The molecule has 246 valence electrons. The molecule has 1 saturated carbocycles. The maximum atomic E-state index is 14.6. The number of hydrogen-bond acceptors (Lipinski definition) is 5. The first-order chi connectivity index (χ1) is 22.7. The predicted molar refractivity (Wildman–Crippen MR) is 185 cm³/mol. The maximum Gasteiger partial charge on any atom is 0.264 e. The summed E-state index contributed by atoms with van der Waals surface area (Å²) >= 11 is 0. The van der Waals surface area contributed by atoms with Crippen LogP contribution < -0.4 is 14.4 Å². The molecule has 4 aromatic rings. The molecule has 1 fully saturated rings. The quantitative estimate of drug-likeness (QED) is 0.183. The van der Waals surface area contributed by atoms with Crippen molar-refractivity contribution in [1.29, 1.82) is 0 Å². The third-order valence-electron chi connectivity index (χ3n) is 8.67. The topological polar surface area (TPSA) is 96.0 Å². The molecule has 0 heterocycles. The van der Waals surface area contributed by atoms with E-state index in [9.17, 15) is 18.0 Å². The van der Waals surface area contributed by atoms with E-state index in [0.717, 1.165) is 53.1 Å². The van der Waals surface area contributed by atoms with Crippen molar-refractivity contribution in [2.24, 2.45) is 0 Å². The molecular weight excluding hydrogens is 611 g/mol. The first-order valence-electron chi connectivity index (χ1n) is 16.2. The summed E-state index contributed by atoms with van der Waals surface area (Å²) in [5.74, 6) is -0.164. The van der Waals surface area contributed by atoms with E-state index in [1.807, 2.05) is 67.6 Å². The van der Waals surface area contributed by atoms with Crippen molar-refractivity contribution in [2.45, 2.75) is 69.0 Å². The minimum atomic E-state index is -4.17. The molecule has 1 aliphatic carbocycles. The van der Waals surface area contributed by atoms with E-state index in [0.29, 0.717) is 11.4 Å². The van der Waals surface area contributed by atoms with Crippen LogP contribution in [0.4, 0.5) is 5.69 Å². The van der Waals surface area contributed by atoms with Crippen molar-refractivity contribution < 1.29 is 22.7 Å². The van der Waals surface area contributed by atoms with Crippen LogP contribution >= 0.6 is 0 Å². The van der Waals surface area contributed by atoms with Gasteiger partial charge >= 0.3 is 0 Å². The molecular formula is C38H43N3O5S. The molecule has 47 heavy (non-hydrogen) atoms. The zero-order valence-electron chi connectivity index (χ0n) is 27.0. The van der Waals surface area contributed by atoms with Gasteiger partial charge in [0, 0.05) is 19.0 Å². The Kier molecular flexibility index (Phi) is 11.3. The first kappa shape index (κ1) is 33.7. The largest absolute Gasteiger partial charge is 0.497 e. The number of amides is 2. The average molecular weight is 654 g/mol. The van der Waals surface area contributed by atoms with Crippen molar-refractivity contribution >= 4 is 27.5 Å². The Bertz CT molecular complexity index is 1710. The third-order valence-corrected chi connectivity index (χ3v) is 10.5. The number of carbonyl (C=O) groups excluding carboxylic acids is 2. The number of nitrogens with one attached hydrogen (secondary N) is 1. The first-order valence-corrected chi connectivity index (χ1v) is 17.6. The van der Waals surface area contributed by atoms with Crippen molar-refractivity contribution in [1.82, 2.24) is 10.2 Å². The molecule has 0 aliphatic heterocycles. The Labute approximate surface area is 278 Å². The molecule has 0 spiro atoms. The number of methoxy groups -OCH3 is 1. The highest BCUT2D eigenvalue weighted by atomic mass is 32.2. The summed E-state index contributed by atoms with van der Waals surface area (Å²) < 4.78 is 34.9. The Hall–Kier alpha value is -4.63. The molecule has 5 rings (SSSR count). The molecule has 1 N–H and O–H groups in total. The monoisotopic (exact) mass is 653 g/mol. The molecule has 0 bridgehead atoms. The second-order valence-corrected chi connectivity index (χ2v) is 13.9. The van der Waals surface area contributed by atoms with E-state index in [-0.39, 0.29) is 29.8 Å². The van der Waals surface area contributed by atoms with Gasteiger partial charge in [-0.1, -0.05) is 97.6 Å². The minimum absolute atomic E-state index is 0.0425.